The molecule has 1 heterocycles. The highest BCUT2D eigenvalue weighted by molar-refractivity contribution is 5.97. The number of carbonyl (C=O) groups is 3. The number of benzene rings is 1. The molecule has 0 saturated carbocycles. The molecule has 8 heteroatoms. The molecule has 8 nitrogen and oxygen atoms in total. The molecular formula is C22H28N2O6. The maximum Gasteiger partial charge on any atom is 0.405 e. The van der Waals surface area contributed by atoms with Crippen LogP contribution in [0.15, 0.2) is 35.9 Å². The fourth-order valence-electron chi connectivity index (χ4n) is 3.64. The van der Waals surface area contributed by atoms with Crippen molar-refractivity contribution in [3.05, 3.63) is 41.5 Å². The lowest BCUT2D eigenvalue weighted by Gasteiger charge is -2.24. The van der Waals surface area contributed by atoms with Crippen LogP contribution in [-0.4, -0.2) is 54.3 Å². The van der Waals surface area contributed by atoms with E-state index in [2.05, 4.69) is 16.7 Å². The van der Waals surface area contributed by atoms with Gasteiger partial charge in [0.05, 0.1) is 19.8 Å². The molecule has 0 radical (unpaired) electrons. The molecule has 162 valence electrons. The molecule has 3 N–H and O–H groups in total. The lowest BCUT2D eigenvalue weighted by atomic mass is 9.94. The molecule has 3 rings (SSSR count). The SMILES string of the molecule is COc1ccc(CC(NC(=O)O)C(=O)NC(CC2=CCCC2)C(=O)C2(C)CO2)cc1. The summed E-state index contributed by atoms with van der Waals surface area (Å²) >= 11 is 0. The molecule has 3 unspecified atom stereocenters. The molecule has 1 saturated heterocycles. The monoisotopic (exact) mass is 416 g/mol. The third kappa shape index (κ3) is 5.60. The summed E-state index contributed by atoms with van der Waals surface area (Å²) in [4.78, 5) is 37.1. The number of ether oxygens (including phenoxy) is 2. The Morgan fingerprint density at radius 1 is 1.17 bits per heavy atom. The number of amides is 2. The quantitative estimate of drug-likeness (QED) is 0.398. The fraction of sp³-hybridized carbons (Fsp3) is 0.500. The van der Waals surface area contributed by atoms with Crippen molar-refractivity contribution in [3.8, 4) is 5.75 Å². The van der Waals surface area contributed by atoms with Gasteiger partial charge in [0.1, 0.15) is 17.4 Å². The van der Waals surface area contributed by atoms with E-state index in [0.717, 1.165) is 30.4 Å². The predicted molar refractivity (Wildman–Crippen MR) is 109 cm³/mol. The number of hydrogen-bond acceptors (Lipinski definition) is 5. The Balaban J connectivity index is 1.72. The zero-order chi connectivity index (χ0) is 21.7. The standard InChI is InChI=1S/C22H28N2O6/c1-22(13-30-22)19(25)17(11-14-5-3-4-6-14)23-20(26)18(24-21(27)28)12-15-7-9-16(29-2)10-8-15/h5,7-10,17-18,24H,3-4,6,11-13H2,1-2H3,(H,23,26)(H,27,28). The number of allylic oxidation sites excluding steroid dienone is 1. The Morgan fingerprint density at radius 3 is 2.40 bits per heavy atom. The van der Waals surface area contributed by atoms with Gasteiger partial charge in [0.15, 0.2) is 5.78 Å². The first-order valence-electron chi connectivity index (χ1n) is 10.1. The van der Waals surface area contributed by atoms with Gasteiger partial charge in [0, 0.05) is 6.42 Å². The average molecular weight is 416 g/mol. The van der Waals surface area contributed by atoms with Crippen molar-refractivity contribution in [2.45, 2.75) is 56.7 Å². The van der Waals surface area contributed by atoms with Gasteiger partial charge in [-0.15, -0.1) is 0 Å². The number of rotatable bonds is 10. The number of methoxy groups -OCH3 is 1. The van der Waals surface area contributed by atoms with E-state index < -0.39 is 29.7 Å². The Bertz CT molecular complexity index is 829. The van der Waals surface area contributed by atoms with E-state index in [1.165, 1.54) is 0 Å². The second-order valence-electron chi connectivity index (χ2n) is 7.96. The molecular weight excluding hydrogens is 388 g/mol. The zero-order valence-corrected chi connectivity index (χ0v) is 17.3. The number of carboxylic acid groups (broad SMARTS) is 1. The van der Waals surface area contributed by atoms with Crippen LogP contribution in [0.25, 0.3) is 0 Å². The topological polar surface area (TPSA) is 117 Å². The van der Waals surface area contributed by atoms with Gasteiger partial charge in [-0.25, -0.2) is 4.79 Å². The maximum absolute atomic E-state index is 13.0. The van der Waals surface area contributed by atoms with Gasteiger partial charge in [-0.2, -0.15) is 0 Å². The molecule has 0 bridgehead atoms. The van der Waals surface area contributed by atoms with Crippen LogP contribution >= 0.6 is 0 Å². The molecule has 3 atom stereocenters. The highest BCUT2D eigenvalue weighted by Gasteiger charge is 2.50. The zero-order valence-electron chi connectivity index (χ0n) is 17.3. The van der Waals surface area contributed by atoms with Gasteiger partial charge in [0.25, 0.3) is 0 Å². The number of Topliss-reactive ketones (excluding diaryl/α,β-unsaturated/α-hetero) is 1. The molecule has 30 heavy (non-hydrogen) atoms. The number of nitrogens with one attached hydrogen (secondary N) is 2. The molecule has 2 aliphatic rings. The smallest absolute Gasteiger partial charge is 0.405 e. The lowest BCUT2D eigenvalue weighted by Crippen LogP contribution is -2.54. The summed E-state index contributed by atoms with van der Waals surface area (Å²) in [5, 5.41) is 14.2. The second kappa shape index (κ2) is 9.30. The molecule has 1 aromatic carbocycles. The van der Waals surface area contributed by atoms with Gasteiger partial charge >= 0.3 is 6.09 Å². The third-order valence-electron chi connectivity index (χ3n) is 5.55. The van der Waals surface area contributed by atoms with E-state index in [9.17, 15) is 19.5 Å². The number of ketones is 1. The molecule has 1 aliphatic heterocycles. The maximum atomic E-state index is 13.0. The second-order valence-corrected chi connectivity index (χ2v) is 7.96. The highest BCUT2D eigenvalue weighted by Crippen LogP contribution is 2.31. The number of carbonyl (C=O) groups excluding carboxylic acids is 2. The molecule has 1 aromatic rings. The van der Waals surface area contributed by atoms with E-state index in [-0.39, 0.29) is 12.2 Å². The Hall–Kier alpha value is -2.87. The van der Waals surface area contributed by atoms with Crippen molar-refractivity contribution >= 4 is 17.8 Å². The summed E-state index contributed by atoms with van der Waals surface area (Å²) in [6.45, 7) is 2.04. The van der Waals surface area contributed by atoms with Crippen LogP contribution in [0.1, 0.15) is 38.2 Å². The summed E-state index contributed by atoms with van der Waals surface area (Å²) in [7, 11) is 1.55. The summed E-state index contributed by atoms with van der Waals surface area (Å²) in [6, 6.07) is 5.26. The van der Waals surface area contributed by atoms with Crippen LogP contribution in [0.2, 0.25) is 0 Å². The minimum absolute atomic E-state index is 0.152. The number of hydrogen-bond donors (Lipinski definition) is 3. The third-order valence-corrected chi connectivity index (χ3v) is 5.55. The Morgan fingerprint density at radius 2 is 1.87 bits per heavy atom. The summed E-state index contributed by atoms with van der Waals surface area (Å²) < 4.78 is 10.4. The average Bonchev–Trinajstić information content (AvgIpc) is 3.26. The summed E-state index contributed by atoms with van der Waals surface area (Å²) in [5.74, 6) is -0.0456. The minimum Gasteiger partial charge on any atom is -0.497 e. The Labute approximate surface area is 175 Å². The summed E-state index contributed by atoms with van der Waals surface area (Å²) in [6.07, 6.45) is 4.29. The van der Waals surface area contributed by atoms with Crippen LogP contribution < -0.4 is 15.4 Å². The molecule has 0 spiro atoms. The minimum atomic E-state index is -1.30. The van der Waals surface area contributed by atoms with Gasteiger partial charge in [-0.1, -0.05) is 23.8 Å². The molecule has 1 aliphatic carbocycles. The van der Waals surface area contributed by atoms with Crippen LogP contribution in [0.5, 0.6) is 5.75 Å². The van der Waals surface area contributed by atoms with Gasteiger partial charge in [0.2, 0.25) is 5.91 Å². The molecule has 0 aromatic heterocycles. The van der Waals surface area contributed by atoms with Crippen molar-refractivity contribution in [3.63, 3.8) is 0 Å². The van der Waals surface area contributed by atoms with Crippen molar-refractivity contribution in [1.82, 2.24) is 10.6 Å². The van der Waals surface area contributed by atoms with Gasteiger partial charge in [-0.3, -0.25) is 9.59 Å². The first-order chi connectivity index (χ1) is 14.3. The van der Waals surface area contributed by atoms with E-state index in [1.54, 1.807) is 38.3 Å². The van der Waals surface area contributed by atoms with Crippen molar-refractivity contribution < 1.29 is 29.0 Å². The van der Waals surface area contributed by atoms with Crippen LogP contribution in [0.4, 0.5) is 4.79 Å². The summed E-state index contributed by atoms with van der Waals surface area (Å²) in [5.41, 5.74) is 1.03. The normalized spacial score (nSPS) is 21.9. The van der Waals surface area contributed by atoms with Crippen LogP contribution in [0.3, 0.4) is 0 Å². The van der Waals surface area contributed by atoms with Crippen LogP contribution in [-0.2, 0) is 20.7 Å². The molecule has 1 fully saturated rings. The van der Waals surface area contributed by atoms with E-state index in [1.807, 2.05) is 0 Å². The fourth-order valence-corrected chi connectivity index (χ4v) is 3.64. The van der Waals surface area contributed by atoms with Crippen molar-refractivity contribution in [2.75, 3.05) is 13.7 Å². The van der Waals surface area contributed by atoms with Crippen molar-refractivity contribution in [1.29, 1.82) is 0 Å². The lowest BCUT2D eigenvalue weighted by molar-refractivity contribution is -0.131. The predicted octanol–water partition coefficient (Wildman–Crippen LogP) is 2.22. The largest absolute Gasteiger partial charge is 0.497 e. The van der Waals surface area contributed by atoms with Crippen LogP contribution in [0, 0.1) is 0 Å². The van der Waals surface area contributed by atoms with Gasteiger partial charge in [-0.05, 0) is 50.3 Å². The highest BCUT2D eigenvalue weighted by atomic mass is 16.6. The number of epoxide rings is 1. The molecule has 2 amide bonds. The van der Waals surface area contributed by atoms with E-state index in [4.69, 9.17) is 9.47 Å². The first-order valence-corrected chi connectivity index (χ1v) is 10.1. The van der Waals surface area contributed by atoms with E-state index >= 15 is 0 Å². The van der Waals surface area contributed by atoms with E-state index in [0.29, 0.717) is 18.8 Å². The Kier molecular flexibility index (Phi) is 6.77. The van der Waals surface area contributed by atoms with Gasteiger partial charge < -0.3 is 25.2 Å². The first kappa shape index (κ1) is 21.8. The van der Waals surface area contributed by atoms with Crippen molar-refractivity contribution in [2.24, 2.45) is 0 Å².